The molecule has 144 valence electrons. The van der Waals surface area contributed by atoms with E-state index in [1.165, 1.54) is 0 Å². The molecule has 0 aliphatic heterocycles. The van der Waals surface area contributed by atoms with Crippen LogP contribution >= 0.6 is 11.8 Å². The molecule has 1 aromatic heterocycles. The monoisotopic (exact) mass is 391 g/mol. The molecule has 8 nitrogen and oxygen atoms in total. The van der Waals surface area contributed by atoms with Crippen molar-refractivity contribution in [2.75, 3.05) is 24.3 Å². The van der Waals surface area contributed by atoms with Gasteiger partial charge in [0.15, 0.2) is 5.16 Å². The fraction of sp³-hybridized carbons (Fsp3) is 0.333. The van der Waals surface area contributed by atoms with E-state index >= 15 is 0 Å². The van der Waals surface area contributed by atoms with E-state index in [0.717, 1.165) is 11.8 Å². The van der Waals surface area contributed by atoms with E-state index in [-0.39, 0.29) is 42.4 Å². The number of hydrogen-bond acceptors (Lipinski definition) is 7. The summed E-state index contributed by atoms with van der Waals surface area (Å²) in [4.78, 5) is 43.0. The van der Waals surface area contributed by atoms with Gasteiger partial charge in [0.1, 0.15) is 0 Å². The standard InChI is InChI=1S/C18H21N3O5S/c1-3-26-17(25)13-6-4-5-7-14(13)20-15(23)10-27-18-19-11(2)12(8-9-22)16(24)21-18/h4-7,22H,3,8-10H2,1-2H3,(H,20,23)(H,19,21,24). The molecular weight excluding hydrogens is 370 g/mol. The Bertz CT molecular complexity index is 882. The Labute approximate surface area is 160 Å². The number of ether oxygens (including phenoxy) is 1. The van der Waals surface area contributed by atoms with Crippen LogP contribution < -0.4 is 10.9 Å². The molecule has 2 aromatic rings. The smallest absolute Gasteiger partial charge is 0.340 e. The molecule has 9 heteroatoms. The number of benzene rings is 1. The molecule has 0 aliphatic carbocycles. The lowest BCUT2D eigenvalue weighted by Crippen LogP contribution is -2.20. The van der Waals surface area contributed by atoms with Crippen LogP contribution in [0.5, 0.6) is 0 Å². The summed E-state index contributed by atoms with van der Waals surface area (Å²) in [5.74, 6) is -0.863. The van der Waals surface area contributed by atoms with Crippen molar-refractivity contribution in [1.29, 1.82) is 0 Å². The van der Waals surface area contributed by atoms with Crippen LogP contribution in [-0.4, -0.2) is 45.9 Å². The van der Waals surface area contributed by atoms with Crippen molar-refractivity contribution < 1.29 is 19.4 Å². The molecule has 0 bridgehead atoms. The maximum absolute atomic E-state index is 12.2. The minimum Gasteiger partial charge on any atom is -0.462 e. The first kappa shape index (κ1) is 20.7. The van der Waals surface area contributed by atoms with Crippen LogP contribution in [0.3, 0.4) is 0 Å². The Morgan fingerprint density at radius 3 is 2.74 bits per heavy atom. The van der Waals surface area contributed by atoms with Gasteiger partial charge < -0.3 is 20.1 Å². The van der Waals surface area contributed by atoms with E-state index in [9.17, 15) is 14.4 Å². The number of hydrogen-bond donors (Lipinski definition) is 3. The number of H-pyrrole nitrogens is 1. The zero-order chi connectivity index (χ0) is 19.8. The van der Waals surface area contributed by atoms with Crippen LogP contribution in [0.1, 0.15) is 28.5 Å². The summed E-state index contributed by atoms with van der Waals surface area (Å²) in [6.07, 6.45) is 0.226. The second-order valence-electron chi connectivity index (χ2n) is 5.51. The minimum absolute atomic E-state index is 0.00110. The van der Waals surface area contributed by atoms with E-state index in [1.807, 2.05) is 0 Å². The maximum Gasteiger partial charge on any atom is 0.340 e. The van der Waals surface area contributed by atoms with E-state index in [1.54, 1.807) is 38.1 Å². The van der Waals surface area contributed by atoms with Crippen LogP contribution in [0.4, 0.5) is 5.69 Å². The number of para-hydroxylation sites is 1. The molecule has 1 amide bonds. The molecule has 1 heterocycles. The van der Waals surface area contributed by atoms with E-state index in [2.05, 4.69) is 15.3 Å². The Morgan fingerprint density at radius 2 is 2.07 bits per heavy atom. The van der Waals surface area contributed by atoms with Gasteiger partial charge in [0, 0.05) is 24.3 Å². The SMILES string of the molecule is CCOC(=O)c1ccccc1NC(=O)CSc1nc(C)c(CCO)c(=O)[nH]1. The summed E-state index contributed by atoms with van der Waals surface area (Å²) in [6, 6.07) is 6.57. The second-order valence-corrected chi connectivity index (χ2v) is 6.48. The topological polar surface area (TPSA) is 121 Å². The summed E-state index contributed by atoms with van der Waals surface area (Å²) in [6.45, 7) is 3.49. The number of nitrogens with zero attached hydrogens (tertiary/aromatic N) is 1. The van der Waals surface area contributed by atoms with Crippen molar-refractivity contribution in [1.82, 2.24) is 9.97 Å². The highest BCUT2D eigenvalue weighted by molar-refractivity contribution is 7.99. The molecule has 1 aromatic carbocycles. The maximum atomic E-state index is 12.2. The van der Waals surface area contributed by atoms with Gasteiger partial charge in [-0.25, -0.2) is 9.78 Å². The normalized spacial score (nSPS) is 10.5. The molecule has 0 aliphatic rings. The highest BCUT2D eigenvalue weighted by Crippen LogP contribution is 2.18. The molecule has 0 unspecified atom stereocenters. The lowest BCUT2D eigenvalue weighted by molar-refractivity contribution is -0.113. The van der Waals surface area contributed by atoms with Crippen molar-refractivity contribution in [3.05, 3.63) is 51.4 Å². The number of carbonyl (C=O) groups excluding carboxylic acids is 2. The highest BCUT2D eigenvalue weighted by atomic mass is 32.2. The van der Waals surface area contributed by atoms with Crippen LogP contribution in [0.15, 0.2) is 34.2 Å². The number of aromatic amines is 1. The summed E-state index contributed by atoms with van der Waals surface area (Å²) >= 11 is 1.07. The number of aryl methyl sites for hydroxylation is 1. The Hall–Kier alpha value is -2.65. The fourth-order valence-electron chi connectivity index (χ4n) is 2.36. The molecule has 0 radical (unpaired) electrons. The van der Waals surface area contributed by atoms with Crippen molar-refractivity contribution in [2.24, 2.45) is 0 Å². The van der Waals surface area contributed by atoms with Gasteiger partial charge in [-0.05, 0) is 26.0 Å². The Balaban J connectivity index is 2.04. The fourth-order valence-corrected chi connectivity index (χ4v) is 3.06. The summed E-state index contributed by atoms with van der Waals surface area (Å²) in [5.41, 5.74) is 1.25. The van der Waals surface area contributed by atoms with Gasteiger partial charge in [-0.2, -0.15) is 0 Å². The third-order valence-electron chi connectivity index (χ3n) is 3.60. The number of carbonyl (C=O) groups is 2. The molecule has 2 rings (SSSR count). The predicted octanol–water partition coefficient (Wildman–Crippen LogP) is 1.52. The van der Waals surface area contributed by atoms with E-state index in [4.69, 9.17) is 9.84 Å². The molecule has 0 saturated heterocycles. The third kappa shape index (κ3) is 5.66. The molecule has 0 saturated carbocycles. The molecular formula is C18H21N3O5S. The summed E-state index contributed by atoms with van der Waals surface area (Å²) < 4.78 is 4.97. The van der Waals surface area contributed by atoms with Crippen molar-refractivity contribution in [3.8, 4) is 0 Å². The number of nitrogens with one attached hydrogen (secondary N) is 2. The first-order chi connectivity index (χ1) is 13.0. The van der Waals surface area contributed by atoms with Gasteiger partial charge in [0.25, 0.3) is 5.56 Å². The van der Waals surface area contributed by atoms with Gasteiger partial charge >= 0.3 is 5.97 Å². The molecule has 0 atom stereocenters. The van der Waals surface area contributed by atoms with Crippen LogP contribution in [-0.2, 0) is 16.0 Å². The molecule has 3 N–H and O–H groups in total. The first-order valence-electron chi connectivity index (χ1n) is 8.35. The number of aliphatic hydroxyl groups excluding tert-OH is 1. The van der Waals surface area contributed by atoms with Gasteiger partial charge in [0.05, 0.1) is 23.6 Å². The number of anilines is 1. The van der Waals surface area contributed by atoms with Crippen molar-refractivity contribution in [2.45, 2.75) is 25.4 Å². The lowest BCUT2D eigenvalue weighted by Gasteiger charge is -2.10. The van der Waals surface area contributed by atoms with Gasteiger partial charge in [-0.1, -0.05) is 23.9 Å². The first-order valence-corrected chi connectivity index (χ1v) is 9.34. The third-order valence-corrected chi connectivity index (χ3v) is 4.47. The zero-order valence-electron chi connectivity index (χ0n) is 15.1. The van der Waals surface area contributed by atoms with Gasteiger partial charge in [-0.3, -0.25) is 9.59 Å². The molecule has 0 fully saturated rings. The van der Waals surface area contributed by atoms with Crippen molar-refractivity contribution in [3.63, 3.8) is 0 Å². The lowest BCUT2D eigenvalue weighted by atomic mass is 10.2. The second kappa shape index (κ2) is 9.89. The van der Waals surface area contributed by atoms with Crippen LogP contribution in [0, 0.1) is 6.92 Å². The van der Waals surface area contributed by atoms with E-state index in [0.29, 0.717) is 22.1 Å². The van der Waals surface area contributed by atoms with Crippen molar-refractivity contribution >= 4 is 29.3 Å². The van der Waals surface area contributed by atoms with Crippen LogP contribution in [0.25, 0.3) is 0 Å². The quantitative estimate of drug-likeness (QED) is 0.354. The summed E-state index contributed by atoms with van der Waals surface area (Å²) in [5, 5.41) is 12.0. The zero-order valence-corrected chi connectivity index (χ0v) is 15.9. The largest absolute Gasteiger partial charge is 0.462 e. The van der Waals surface area contributed by atoms with Gasteiger partial charge in [0.2, 0.25) is 5.91 Å². The number of esters is 1. The number of thioether (sulfide) groups is 1. The minimum atomic E-state index is -0.512. The Morgan fingerprint density at radius 1 is 1.33 bits per heavy atom. The number of aromatic nitrogens is 2. The average Bonchev–Trinajstić information content (AvgIpc) is 2.63. The Kier molecular flexibility index (Phi) is 7.56. The number of rotatable bonds is 8. The number of amides is 1. The molecule has 27 heavy (non-hydrogen) atoms. The van der Waals surface area contributed by atoms with Crippen LogP contribution in [0.2, 0.25) is 0 Å². The summed E-state index contributed by atoms with van der Waals surface area (Å²) in [7, 11) is 0. The number of aliphatic hydroxyl groups is 1. The van der Waals surface area contributed by atoms with Gasteiger partial charge in [-0.15, -0.1) is 0 Å². The predicted molar refractivity (Wildman–Crippen MR) is 102 cm³/mol. The van der Waals surface area contributed by atoms with E-state index < -0.39 is 5.97 Å². The average molecular weight is 391 g/mol. The highest BCUT2D eigenvalue weighted by Gasteiger charge is 2.15. The molecule has 0 spiro atoms.